The average Bonchev–Trinajstić information content (AvgIpc) is 2.33. The van der Waals surface area contributed by atoms with E-state index in [1.807, 2.05) is 27.7 Å². The van der Waals surface area contributed by atoms with Crippen molar-refractivity contribution in [3.05, 3.63) is 17.2 Å². The Hall–Kier alpha value is -1.30. The van der Waals surface area contributed by atoms with Crippen molar-refractivity contribution in [1.82, 2.24) is 9.97 Å². The SMILES string of the molecule is Cc1nc(C(C)(C)C#N)[nH]c1C. The van der Waals surface area contributed by atoms with Gasteiger partial charge in [-0.05, 0) is 27.7 Å². The molecule has 1 aromatic rings. The number of H-pyrrole nitrogens is 1. The molecule has 1 rings (SSSR count). The summed E-state index contributed by atoms with van der Waals surface area (Å²) in [6.45, 7) is 7.59. The van der Waals surface area contributed by atoms with Crippen LogP contribution in [0.15, 0.2) is 0 Å². The second kappa shape index (κ2) is 2.63. The zero-order chi connectivity index (χ0) is 9.35. The molecule has 1 aromatic heterocycles. The Morgan fingerprint density at radius 2 is 2.00 bits per heavy atom. The van der Waals surface area contributed by atoms with Gasteiger partial charge in [0.1, 0.15) is 11.2 Å². The molecule has 0 atom stereocenters. The summed E-state index contributed by atoms with van der Waals surface area (Å²) in [5.41, 5.74) is 1.49. The lowest BCUT2D eigenvalue weighted by molar-refractivity contribution is 0.637. The Labute approximate surface area is 72.4 Å². The van der Waals surface area contributed by atoms with E-state index < -0.39 is 5.41 Å². The molecule has 0 saturated carbocycles. The minimum Gasteiger partial charge on any atom is -0.345 e. The van der Waals surface area contributed by atoms with Gasteiger partial charge in [0.2, 0.25) is 0 Å². The van der Waals surface area contributed by atoms with Gasteiger partial charge in [-0.1, -0.05) is 0 Å². The van der Waals surface area contributed by atoms with Crippen LogP contribution in [0.4, 0.5) is 0 Å². The molecule has 12 heavy (non-hydrogen) atoms. The van der Waals surface area contributed by atoms with Crippen LogP contribution < -0.4 is 0 Å². The minimum absolute atomic E-state index is 0.515. The number of hydrogen-bond acceptors (Lipinski definition) is 2. The number of nitrogens with one attached hydrogen (secondary N) is 1. The molecule has 0 fully saturated rings. The Bertz CT molecular complexity index is 309. The summed E-state index contributed by atoms with van der Waals surface area (Å²) in [5.74, 6) is 0.750. The third kappa shape index (κ3) is 1.33. The van der Waals surface area contributed by atoms with Gasteiger partial charge in [-0.15, -0.1) is 0 Å². The number of aromatic nitrogens is 2. The summed E-state index contributed by atoms with van der Waals surface area (Å²) < 4.78 is 0. The van der Waals surface area contributed by atoms with Crippen molar-refractivity contribution in [1.29, 1.82) is 5.26 Å². The van der Waals surface area contributed by atoms with Crippen LogP contribution in [0.5, 0.6) is 0 Å². The van der Waals surface area contributed by atoms with E-state index in [4.69, 9.17) is 5.26 Å². The normalized spacial score (nSPS) is 11.2. The van der Waals surface area contributed by atoms with E-state index in [9.17, 15) is 0 Å². The predicted molar refractivity (Wildman–Crippen MR) is 46.7 cm³/mol. The van der Waals surface area contributed by atoms with Gasteiger partial charge in [0.05, 0.1) is 11.8 Å². The van der Waals surface area contributed by atoms with Crippen LogP contribution in [0.2, 0.25) is 0 Å². The van der Waals surface area contributed by atoms with Gasteiger partial charge in [-0.2, -0.15) is 5.26 Å². The monoisotopic (exact) mass is 163 g/mol. The quantitative estimate of drug-likeness (QED) is 0.686. The molecular weight excluding hydrogens is 150 g/mol. The third-order valence-corrected chi connectivity index (χ3v) is 2.00. The zero-order valence-corrected chi connectivity index (χ0v) is 7.89. The lowest BCUT2D eigenvalue weighted by atomic mass is 9.95. The molecule has 1 heterocycles. The molecule has 0 aliphatic carbocycles. The number of rotatable bonds is 1. The summed E-state index contributed by atoms with van der Waals surface area (Å²) in [5, 5.41) is 8.84. The minimum atomic E-state index is -0.515. The summed E-state index contributed by atoms with van der Waals surface area (Å²) in [6.07, 6.45) is 0. The van der Waals surface area contributed by atoms with Gasteiger partial charge in [-0.25, -0.2) is 4.98 Å². The van der Waals surface area contributed by atoms with Crippen LogP contribution in [-0.4, -0.2) is 9.97 Å². The van der Waals surface area contributed by atoms with Gasteiger partial charge in [0.15, 0.2) is 0 Å². The maximum Gasteiger partial charge on any atom is 0.126 e. The molecule has 0 saturated heterocycles. The molecule has 0 aliphatic rings. The number of imidazole rings is 1. The van der Waals surface area contributed by atoms with E-state index in [1.165, 1.54) is 0 Å². The van der Waals surface area contributed by atoms with E-state index >= 15 is 0 Å². The highest BCUT2D eigenvalue weighted by molar-refractivity contribution is 5.22. The lowest BCUT2D eigenvalue weighted by Crippen LogP contribution is -2.15. The van der Waals surface area contributed by atoms with Crippen LogP contribution in [0, 0.1) is 25.2 Å². The highest BCUT2D eigenvalue weighted by atomic mass is 14.9. The van der Waals surface area contributed by atoms with Crippen molar-refractivity contribution in [2.24, 2.45) is 0 Å². The summed E-state index contributed by atoms with van der Waals surface area (Å²) >= 11 is 0. The molecule has 0 aromatic carbocycles. The Morgan fingerprint density at radius 3 is 2.33 bits per heavy atom. The van der Waals surface area contributed by atoms with Crippen LogP contribution in [0.1, 0.15) is 31.1 Å². The second-order valence-electron chi connectivity index (χ2n) is 3.53. The molecular formula is C9H13N3. The highest BCUT2D eigenvalue weighted by Gasteiger charge is 2.23. The number of hydrogen-bond donors (Lipinski definition) is 1. The second-order valence-corrected chi connectivity index (χ2v) is 3.53. The van der Waals surface area contributed by atoms with Crippen molar-refractivity contribution in [3.8, 4) is 6.07 Å². The fourth-order valence-corrected chi connectivity index (χ4v) is 0.897. The number of aryl methyl sites for hydroxylation is 2. The fraction of sp³-hybridized carbons (Fsp3) is 0.556. The predicted octanol–water partition coefficient (Wildman–Crippen LogP) is 1.83. The largest absolute Gasteiger partial charge is 0.345 e. The molecule has 0 spiro atoms. The van der Waals surface area contributed by atoms with E-state index in [-0.39, 0.29) is 0 Å². The highest BCUT2D eigenvalue weighted by Crippen LogP contribution is 2.19. The zero-order valence-electron chi connectivity index (χ0n) is 7.89. The molecule has 0 unspecified atom stereocenters. The van der Waals surface area contributed by atoms with Crippen LogP contribution in [-0.2, 0) is 5.41 Å². The fourth-order valence-electron chi connectivity index (χ4n) is 0.897. The van der Waals surface area contributed by atoms with Gasteiger partial charge in [0, 0.05) is 5.69 Å². The molecule has 64 valence electrons. The summed E-state index contributed by atoms with van der Waals surface area (Å²) in [6, 6.07) is 2.20. The Balaban J connectivity index is 3.14. The third-order valence-electron chi connectivity index (χ3n) is 2.00. The van der Waals surface area contributed by atoms with Crippen molar-refractivity contribution in [2.45, 2.75) is 33.1 Å². The Morgan fingerprint density at radius 1 is 1.42 bits per heavy atom. The standard InChI is InChI=1S/C9H13N3/c1-6-7(2)12-8(11-6)9(3,4)5-10/h1-4H3,(H,11,12). The van der Waals surface area contributed by atoms with Gasteiger partial charge in [0.25, 0.3) is 0 Å². The number of aromatic amines is 1. The van der Waals surface area contributed by atoms with E-state index in [0.29, 0.717) is 0 Å². The number of nitriles is 1. The smallest absolute Gasteiger partial charge is 0.126 e. The summed E-state index contributed by atoms with van der Waals surface area (Å²) in [7, 11) is 0. The average molecular weight is 163 g/mol. The van der Waals surface area contributed by atoms with E-state index in [0.717, 1.165) is 17.2 Å². The number of nitrogens with zero attached hydrogens (tertiary/aromatic N) is 2. The maximum atomic E-state index is 8.84. The van der Waals surface area contributed by atoms with Crippen molar-refractivity contribution in [2.75, 3.05) is 0 Å². The van der Waals surface area contributed by atoms with Crippen LogP contribution >= 0.6 is 0 Å². The first kappa shape index (κ1) is 8.79. The van der Waals surface area contributed by atoms with Gasteiger partial charge in [-0.3, -0.25) is 0 Å². The van der Waals surface area contributed by atoms with Crippen LogP contribution in [0.25, 0.3) is 0 Å². The lowest BCUT2D eigenvalue weighted by Gasteiger charge is -2.10. The maximum absolute atomic E-state index is 8.84. The van der Waals surface area contributed by atoms with Crippen LogP contribution in [0.3, 0.4) is 0 Å². The Kier molecular flexibility index (Phi) is 1.93. The summed E-state index contributed by atoms with van der Waals surface area (Å²) in [4.78, 5) is 7.38. The first-order valence-corrected chi connectivity index (χ1v) is 3.92. The van der Waals surface area contributed by atoms with Crippen molar-refractivity contribution >= 4 is 0 Å². The molecule has 1 N–H and O–H groups in total. The molecule has 3 nitrogen and oxygen atoms in total. The molecule has 0 bridgehead atoms. The van der Waals surface area contributed by atoms with Crippen molar-refractivity contribution < 1.29 is 0 Å². The molecule has 3 heteroatoms. The van der Waals surface area contributed by atoms with Gasteiger partial charge >= 0.3 is 0 Å². The van der Waals surface area contributed by atoms with Gasteiger partial charge < -0.3 is 4.98 Å². The molecule has 0 amide bonds. The topological polar surface area (TPSA) is 52.5 Å². The van der Waals surface area contributed by atoms with E-state index in [1.54, 1.807) is 0 Å². The first-order chi connectivity index (χ1) is 5.47. The van der Waals surface area contributed by atoms with E-state index in [2.05, 4.69) is 16.0 Å². The molecule has 0 aliphatic heterocycles. The van der Waals surface area contributed by atoms with Crippen molar-refractivity contribution in [3.63, 3.8) is 0 Å². The molecule has 0 radical (unpaired) electrons. The first-order valence-electron chi connectivity index (χ1n) is 3.92.